The van der Waals surface area contributed by atoms with Gasteiger partial charge in [0.1, 0.15) is 11.5 Å². The monoisotopic (exact) mass is 328 g/mol. The molecule has 0 aliphatic carbocycles. The van der Waals surface area contributed by atoms with E-state index in [4.69, 9.17) is 5.11 Å². The first-order valence-corrected chi connectivity index (χ1v) is 7.56. The second kappa shape index (κ2) is 6.41. The Morgan fingerprint density at radius 2 is 2.13 bits per heavy atom. The zero-order chi connectivity index (χ0) is 16.2. The van der Waals surface area contributed by atoms with Crippen LogP contribution in [0.3, 0.4) is 0 Å². The lowest BCUT2D eigenvalue weighted by molar-refractivity contribution is 0.0690. The second-order valence-electron chi connectivity index (χ2n) is 4.64. The first-order chi connectivity index (χ1) is 11.1. The van der Waals surface area contributed by atoms with Crippen LogP contribution in [-0.4, -0.2) is 31.7 Å². The van der Waals surface area contributed by atoms with Crippen LogP contribution in [0.15, 0.2) is 48.1 Å². The molecule has 8 heteroatoms. The van der Waals surface area contributed by atoms with Gasteiger partial charge in [0.15, 0.2) is 0 Å². The van der Waals surface area contributed by atoms with E-state index in [0.29, 0.717) is 12.4 Å². The molecule has 0 aliphatic rings. The molecule has 3 rings (SSSR count). The van der Waals surface area contributed by atoms with Crippen molar-refractivity contribution in [3.8, 4) is 0 Å². The van der Waals surface area contributed by atoms with E-state index in [1.165, 1.54) is 18.3 Å². The number of nitrogens with one attached hydrogen (secondary N) is 1. The van der Waals surface area contributed by atoms with Crippen LogP contribution in [0, 0.1) is 0 Å². The van der Waals surface area contributed by atoms with Gasteiger partial charge in [0.2, 0.25) is 0 Å². The van der Waals surface area contributed by atoms with Crippen LogP contribution in [0.1, 0.15) is 25.7 Å². The maximum atomic E-state index is 12.2. The van der Waals surface area contributed by atoms with Crippen molar-refractivity contribution in [2.75, 3.05) is 5.32 Å². The van der Waals surface area contributed by atoms with Gasteiger partial charge in [-0.25, -0.2) is 14.5 Å². The van der Waals surface area contributed by atoms with Gasteiger partial charge in [0.05, 0.1) is 18.3 Å². The van der Waals surface area contributed by atoms with E-state index in [9.17, 15) is 9.59 Å². The predicted molar refractivity (Wildman–Crippen MR) is 84.8 cm³/mol. The lowest BCUT2D eigenvalue weighted by Crippen LogP contribution is -2.16. The van der Waals surface area contributed by atoms with Gasteiger partial charge >= 0.3 is 5.97 Å². The Hall–Kier alpha value is -3.00. The number of carboxylic acid groups (broad SMARTS) is 1. The number of nitrogens with zero attached hydrogens (tertiary/aromatic N) is 3. The van der Waals surface area contributed by atoms with Crippen molar-refractivity contribution in [3.63, 3.8) is 0 Å². The highest BCUT2D eigenvalue weighted by molar-refractivity contribution is 7.09. The average Bonchev–Trinajstić information content (AvgIpc) is 3.20. The molecule has 0 fully saturated rings. The second-order valence-corrected chi connectivity index (χ2v) is 5.68. The number of rotatable bonds is 5. The summed E-state index contributed by atoms with van der Waals surface area (Å²) in [7, 11) is 0. The van der Waals surface area contributed by atoms with Crippen molar-refractivity contribution < 1.29 is 14.7 Å². The minimum absolute atomic E-state index is 0.107. The van der Waals surface area contributed by atoms with Gasteiger partial charge in [-0.05, 0) is 23.6 Å². The molecule has 116 valence electrons. The third kappa shape index (κ3) is 3.43. The van der Waals surface area contributed by atoms with E-state index in [1.807, 2.05) is 17.5 Å². The summed E-state index contributed by atoms with van der Waals surface area (Å²) in [6.07, 6.45) is 2.84. The van der Waals surface area contributed by atoms with Gasteiger partial charge in [0.25, 0.3) is 5.91 Å². The molecule has 0 radical (unpaired) electrons. The van der Waals surface area contributed by atoms with Crippen LogP contribution in [0.25, 0.3) is 0 Å². The number of carbonyl (C=O) groups is 2. The minimum Gasteiger partial charge on any atom is -0.477 e. The summed E-state index contributed by atoms with van der Waals surface area (Å²) >= 11 is 1.61. The number of pyridine rings is 1. The van der Waals surface area contributed by atoms with E-state index >= 15 is 0 Å². The number of anilines is 1. The number of carboxylic acids is 1. The van der Waals surface area contributed by atoms with Crippen molar-refractivity contribution in [2.24, 2.45) is 0 Å². The van der Waals surface area contributed by atoms with Gasteiger partial charge in [-0.15, -0.1) is 11.3 Å². The summed E-state index contributed by atoms with van der Waals surface area (Å²) in [6, 6.07) is 8.36. The SMILES string of the molecule is O=C(Nc1ccnn1Cc1cccs1)c1ccc(C(=O)O)nc1. The van der Waals surface area contributed by atoms with Crippen LogP contribution in [0.4, 0.5) is 5.82 Å². The van der Waals surface area contributed by atoms with Crippen LogP contribution in [-0.2, 0) is 6.54 Å². The normalized spacial score (nSPS) is 10.4. The first kappa shape index (κ1) is 14.9. The van der Waals surface area contributed by atoms with E-state index in [0.717, 1.165) is 4.88 Å². The Bertz CT molecular complexity index is 825. The minimum atomic E-state index is -1.13. The molecule has 0 aromatic carbocycles. The first-order valence-electron chi connectivity index (χ1n) is 6.68. The molecule has 3 aromatic heterocycles. The maximum absolute atomic E-state index is 12.2. The summed E-state index contributed by atoms with van der Waals surface area (Å²) in [5.41, 5.74) is 0.170. The quantitative estimate of drug-likeness (QED) is 0.749. The fourth-order valence-corrected chi connectivity index (χ4v) is 2.64. The molecule has 3 heterocycles. The molecule has 0 saturated heterocycles. The Morgan fingerprint density at radius 1 is 1.26 bits per heavy atom. The van der Waals surface area contributed by atoms with Crippen molar-refractivity contribution in [3.05, 3.63) is 64.2 Å². The third-order valence-corrected chi connectivity index (χ3v) is 3.95. The number of hydrogen-bond donors (Lipinski definition) is 2. The third-order valence-electron chi connectivity index (χ3n) is 3.09. The van der Waals surface area contributed by atoms with Crippen molar-refractivity contribution >= 4 is 29.0 Å². The van der Waals surface area contributed by atoms with Crippen LogP contribution < -0.4 is 5.32 Å². The zero-order valence-corrected chi connectivity index (χ0v) is 12.7. The van der Waals surface area contributed by atoms with E-state index in [-0.39, 0.29) is 17.2 Å². The van der Waals surface area contributed by atoms with E-state index < -0.39 is 5.97 Å². The number of aromatic nitrogens is 3. The molecule has 0 atom stereocenters. The van der Waals surface area contributed by atoms with Gasteiger partial charge in [-0.3, -0.25) is 4.79 Å². The van der Waals surface area contributed by atoms with Crippen molar-refractivity contribution in [1.82, 2.24) is 14.8 Å². The smallest absolute Gasteiger partial charge is 0.354 e. The van der Waals surface area contributed by atoms with Gasteiger partial charge in [-0.1, -0.05) is 6.07 Å². The molecule has 0 bridgehead atoms. The summed E-state index contributed by atoms with van der Waals surface area (Å²) in [4.78, 5) is 27.8. The summed E-state index contributed by atoms with van der Waals surface area (Å²) < 4.78 is 1.68. The molecular formula is C15H12N4O3S. The fraction of sp³-hybridized carbons (Fsp3) is 0.0667. The van der Waals surface area contributed by atoms with E-state index in [1.54, 1.807) is 28.3 Å². The molecule has 0 spiro atoms. The Kier molecular flexibility index (Phi) is 4.15. The highest BCUT2D eigenvalue weighted by Gasteiger charge is 2.12. The van der Waals surface area contributed by atoms with Crippen molar-refractivity contribution in [1.29, 1.82) is 0 Å². The molecular weight excluding hydrogens is 316 g/mol. The lowest BCUT2D eigenvalue weighted by atomic mass is 10.2. The molecule has 2 N–H and O–H groups in total. The van der Waals surface area contributed by atoms with Crippen LogP contribution >= 0.6 is 11.3 Å². The highest BCUT2D eigenvalue weighted by atomic mass is 32.1. The average molecular weight is 328 g/mol. The Morgan fingerprint density at radius 3 is 2.78 bits per heavy atom. The van der Waals surface area contributed by atoms with Crippen LogP contribution in [0.2, 0.25) is 0 Å². The fourth-order valence-electron chi connectivity index (χ4n) is 1.96. The maximum Gasteiger partial charge on any atom is 0.354 e. The predicted octanol–water partition coefficient (Wildman–Crippen LogP) is 2.34. The molecule has 1 amide bonds. The molecule has 0 aliphatic heterocycles. The number of aromatic carboxylic acids is 1. The highest BCUT2D eigenvalue weighted by Crippen LogP contribution is 2.15. The summed E-state index contributed by atoms with van der Waals surface area (Å²) in [5, 5.41) is 17.7. The summed E-state index contributed by atoms with van der Waals surface area (Å²) in [6.45, 7) is 0.566. The van der Waals surface area contributed by atoms with Crippen molar-refractivity contribution in [2.45, 2.75) is 6.54 Å². The molecule has 0 saturated carbocycles. The molecule has 7 nitrogen and oxygen atoms in total. The lowest BCUT2D eigenvalue weighted by Gasteiger charge is -2.08. The number of thiophene rings is 1. The standard InChI is InChI=1S/C15H12N4O3S/c20-14(10-3-4-12(15(21)22)16-8-10)18-13-5-6-17-19(13)9-11-2-1-7-23-11/h1-8H,9H2,(H,18,20)(H,21,22). The van der Waals surface area contributed by atoms with Gasteiger partial charge < -0.3 is 10.4 Å². The van der Waals surface area contributed by atoms with E-state index in [2.05, 4.69) is 15.4 Å². The zero-order valence-electron chi connectivity index (χ0n) is 11.8. The number of amides is 1. The molecule has 0 unspecified atom stereocenters. The Balaban J connectivity index is 1.73. The Labute approximate surface area is 135 Å². The largest absolute Gasteiger partial charge is 0.477 e. The summed E-state index contributed by atoms with van der Waals surface area (Å²) in [5.74, 6) is -0.945. The topological polar surface area (TPSA) is 97.1 Å². The van der Waals surface area contributed by atoms with Gasteiger partial charge in [0, 0.05) is 17.1 Å². The number of hydrogen-bond acceptors (Lipinski definition) is 5. The van der Waals surface area contributed by atoms with Gasteiger partial charge in [-0.2, -0.15) is 5.10 Å². The molecule has 3 aromatic rings. The molecule has 23 heavy (non-hydrogen) atoms. The van der Waals surface area contributed by atoms with Crippen LogP contribution in [0.5, 0.6) is 0 Å². The number of carbonyl (C=O) groups excluding carboxylic acids is 1.